The van der Waals surface area contributed by atoms with Gasteiger partial charge in [0.15, 0.2) is 0 Å². The first kappa shape index (κ1) is 14.9. The summed E-state index contributed by atoms with van der Waals surface area (Å²) in [5.74, 6) is 1.63. The molecule has 1 heterocycles. The lowest BCUT2D eigenvalue weighted by atomic mass is 10.2. The van der Waals surface area contributed by atoms with Crippen molar-refractivity contribution in [2.24, 2.45) is 5.73 Å². The number of hydrogen-bond donors (Lipinski definition) is 1. The molecule has 0 aliphatic rings. The van der Waals surface area contributed by atoms with Crippen LogP contribution in [0.1, 0.15) is 12.2 Å². The van der Waals surface area contributed by atoms with Crippen LogP contribution in [-0.4, -0.2) is 35.9 Å². The van der Waals surface area contributed by atoms with E-state index in [4.69, 9.17) is 10.2 Å². The van der Waals surface area contributed by atoms with Gasteiger partial charge in [-0.15, -0.1) is 0 Å². The Bertz CT molecular complexity index is 549. The van der Waals surface area contributed by atoms with E-state index in [1.807, 2.05) is 36.6 Å². The third-order valence-corrected chi connectivity index (χ3v) is 3.84. The van der Waals surface area contributed by atoms with Crippen molar-refractivity contribution in [3.8, 4) is 0 Å². The van der Waals surface area contributed by atoms with E-state index in [0.717, 1.165) is 22.5 Å². The Morgan fingerprint density at radius 3 is 2.90 bits per heavy atom. The monoisotopic (exact) mass is 292 g/mol. The summed E-state index contributed by atoms with van der Waals surface area (Å²) in [6.07, 6.45) is 2.71. The molecule has 2 N–H and O–H groups in total. The summed E-state index contributed by atoms with van der Waals surface area (Å²) < 4.78 is 5.71. The maximum atomic E-state index is 12.1. The molecule has 1 aromatic carbocycles. The van der Waals surface area contributed by atoms with E-state index in [0.29, 0.717) is 13.0 Å². The van der Waals surface area contributed by atoms with Gasteiger partial charge in [-0.2, -0.15) is 11.8 Å². The summed E-state index contributed by atoms with van der Waals surface area (Å²) in [6.45, 7) is 0.445. The number of nitrogens with two attached hydrogens (primary N) is 1. The van der Waals surface area contributed by atoms with Crippen LogP contribution in [0.2, 0.25) is 0 Å². The molecule has 0 spiro atoms. The molecule has 1 atom stereocenters. The second-order valence-corrected chi connectivity index (χ2v) is 5.82. The quantitative estimate of drug-likeness (QED) is 0.888. The van der Waals surface area contributed by atoms with Gasteiger partial charge >= 0.3 is 0 Å². The SMILES string of the molecule is CSCC[C@H](N)C(=O)N(C)Cc1cc2ccccc2o1. The van der Waals surface area contributed by atoms with Gasteiger partial charge in [-0.05, 0) is 30.6 Å². The second-order valence-electron chi connectivity index (χ2n) is 4.83. The first-order valence-corrected chi connectivity index (χ1v) is 7.98. The molecule has 2 aromatic rings. The van der Waals surface area contributed by atoms with Gasteiger partial charge in [-0.3, -0.25) is 4.79 Å². The van der Waals surface area contributed by atoms with Gasteiger partial charge < -0.3 is 15.1 Å². The number of likely N-dealkylation sites (N-methyl/N-ethyl adjacent to an activating group) is 1. The molecular weight excluding hydrogens is 272 g/mol. The van der Waals surface area contributed by atoms with Crippen molar-refractivity contribution in [1.29, 1.82) is 0 Å². The third-order valence-electron chi connectivity index (χ3n) is 3.20. The van der Waals surface area contributed by atoms with E-state index in [1.54, 1.807) is 23.7 Å². The first-order chi connectivity index (χ1) is 9.61. The average Bonchev–Trinajstić information content (AvgIpc) is 2.85. The number of carbonyl (C=O) groups excluding carboxylic acids is 1. The predicted molar refractivity (Wildman–Crippen MR) is 83.7 cm³/mol. The van der Waals surface area contributed by atoms with Crippen molar-refractivity contribution >= 4 is 28.6 Å². The number of furan rings is 1. The summed E-state index contributed by atoms with van der Waals surface area (Å²) in [6, 6.07) is 9.35. The topological polar surface area (TPSA) is 59.5 Å². The minimum absolute atomic E-state index is 0.0421. The van der Waals surface area contributed by atoms with Gasteiger partial charge in [0.25, 0.3) is 0 Å². The number of benzene rings is 1. The highest BCUT2D eigenvalue weighted by Crippen LogP contribution is 2.19. The molecule has 0 fully saturated rings. The maximum Gasteiger partial charge on any atom is 0.239 e. The summed E-state index contributed by atoms with van der Waals surface area (Å²) in [5.41, 5.74) is 6.74. The molecule has 0 aliphatic carbocycles. The Hall–Kier alpha value is -1.46. The van der Waals surface area contributed by atoms with Crippen molar-refractivity contribution in [2.75, 3.05) is 19.1 Å². The Morgan fingerprint density at radius 2 is 2.20 bits per heavy atom. The fraction of sp³-hybridized carbons (Fsp3) is 0.400. The zero-order valence-corrected chi connectivity index (χ0v) is 12.7. The van der Waals surface area contributed by atoms with Crippen LogP contribution in [0.4, 0.5) is 0 Å². The van der Waals surface area contributed by atoms with Crippen molar-refractivity contribution in [3.05, 3.63) is 36.1 Å². The zero-order valence-electron chi connectivity index (χ0n) is 11.8. The van der Waals surface area contributed by atoms with E-state index < -0.39 is 6.04 Å². The predicted octanol–water partition coefficient (Wildman–Crippen LogP) is 2.47. The van der Waals surface area contributed by atoms with Gasteiger partial charge in [0.05, 0.1) is 12.6 Å². The van der Waals surface area contributed by atoms with Crippen LogP contribution in [-0.2, 0) is 11.3 Å². The Balaban J connectivity index is 1.99. The molecule has 2 rings (SSSR count). The van der Waals surface area contributed by atoms with Gasteiger partial charge in [-0.25, -0.2) is 0 Å². The summed E-state index contributed by atoms with van der Waals surface area (Å²) in [4.78, 5) is 13.7. The van der Waals surface area contributed by atoms with Crippen LogP contribution in [0.3, 0.4) is 0 Å². The average molecular weight is 292 g/mol. The molecule has 1 aromatic heterocycles. The minimum atomic E-state index is -0.433. The molecule has 4 nitrogen and oxygen atoms in total. The molecule has 0 saturated carbocycles. The molecule has 0 bridgehead atoms. The van der Waals surface area contributed by atoms with Crippen LogP contribution in [0.15, 0.2) is 34.7 Å². The highest BCUT2D eigenvalue weighted by Gasteiger charge is 2.18. The van der Waals surface area contributed by atoms with E-state index in [2.05, 4.69) is 0 Å². The van der Waals surface area contributed by atoms with Crippen LogP contribution < -0.4 is 5.73 Å². The van der Waals surface area contributed by atoms with Crippen LogP contribution >= 0.6 is 11.8 Å². The molecule has 0 aliphatic heterocycles. The summed E-state index contributed by atoms with van der Waals surface area (Å²) >= 11 is 1.70. The Morgan fingerprint density at radius 1 is 1.45 bits per heavy atom. The zero-order chi connectivity index (χ0) is 14.5. The molecule has 20 heavy (non-hydrogen) atoms. The molecule has 0 radical (unpaired) electrons. The number of fused-ring (bicyclic) bond motifs is 1. The van der Waals surface area contributed by atoms with Crippen molar-refractivity contribution < 1.29 is 9.21 Å². The number of amides is 1. The molecule has 108 valence electrons. The lowest BCUT2D eigenvalue weighted by Gasteiger charge is -2.20. The lowest BCUT2D eigenvalue weighted by Crippen LogP contribution is -2.41. The highest BCUT2D eigenvalue weighted by atomic mass is 32.2. The summed E-state index contributed by atoms with van der Waals surface area (Å²) in [5, 5.41) is 1.05. The van der Waals surface area contributed by atoms with E-state index in [-0.39, 0.29) is 5.91 Å². The van der Waals surface area contributed by atoms with Gasteiger partial charge in [0.1, 0.15) is 11.3 Å². The molecule has 0 unspecified atom stereocenters. The number of hydrogen-bond acceptors (Lipinski definition) is 4. The number of para-hydroxylation sites is 1. The number of nitrogens with zero attached hydrogens (tertiary/aromatic N) is 1. The molecule has 5 heteroatoms. The Labute approximate surface area is 123 Å². The maximum absolute atomic E-state index is 12.1. The van der Waals surface area contributed by atoms with Crippen LogP contribution in [0.25, 0.3) is 11.0 Å². The van der Waals surface area contributed by atoms with Crippen molar-refractivity contribution in [1.82, 2.24) is 4.90 Å². The van der Waals surface area contributed by atoms with E-state index in [9.17, 15) is 4.79 Å². The molecular formula is C15H20N2O2S. The largest absolute Gasteiger partial charge is 0.459 e. The van der Waals surface area contributed by atoms with Gasteiger partial charge in [0.2, 0.25) is 5.91 Å². The summed E-state index contributed by atoms with van der Waals surface area (Å²) in [7, 11) is 1.76. The third kappa shape index (κ3) is 3.55. The van der Waals surface area contributed by atoms with Crippen molar-refractivity contribution in [3.63, 3.8) is 0 Å². The smallest absolute Gasteiger partial charge is 0.239 e. The fourth-order valence-electron chi connectivity index (χ4n) is 2.08. The molecule has 0 saturated heterocycles. The van der Waals surface area contributed by atoms with Crippen LogP contribution in [0, 0.1) is 0 Å². The lowest BCUT2D eigenvalue weighted by molar-refractivity contribution is -0.132. The fourth-order valence-corrected chi connectivity index (χ4v) is 2.57. The van der Waals surface area contributed by atoms with Gasteiger partial charge in [-0.1, -0.05) is 18.2 Å². The first-order valence-electron chi connectivity index (χ1n) is 6.58. The van der Waals surface area contributed by atoms with Crippen LogP contribution in [0.5, 0.6) is 0 Å². The Kier molecular flexibility index (Phi) is 5.09. The number of carbonyl (C=O) groups is 1. The standard InChI is InChI=1S/C15H20N2O2S/c1-17(15(18)13(16)7-8-20-2)10-12-9-11-5-3-4-6-14(11)19-12/h3-6,9,13H,7-8,10,16H2,1-2H3/t13-/m0/s1. The van der Waals surface area contributed by atoms with E-state index in [1.165, 1.54) is 0 Å². The van der Waals surface area contributed by atoms with Gasteiger partial charge in [0, 0.05) is 12.4 Å². The second kappa shape index (κ2) is 6.81. The normalized spacial score (nSPS) is 12.6. The minimum Gasteiger partial charge on any atom is -0.459 e. The van der Waals surface area contributed by atoms with E-state index >= 15 is 0 Å². The number of rotatable bonds is 6. The molecule has 1 amide bonds. The van der Waals surface area contributed by atoms with Crippen molar-refractivity contribution in [2.45, 2.75) is 19.0 Å². The number of thioether (sulfide) groups is 1. The highest BCUT2D eigenvalue weighted by molar-refractivity contribution is 7.98.